The van der Waals surface area contributed by atoms with Crippen LogP contribution in [-0.4, -0.2) is 22.3 Å². The van der Waals surface area contributed by atoms with Gasteiger partial charge in [0.05, 0.1) is 5.69 Å². The van der Waals surface area contributed by atoms with Crippen LogP contribution in [0.1, 0.15) is 5.56 Å². The monoisotopic (exact) mass is 250 g/mol. The van der Waals surface area contributed by atoms with Crippen LogP contribution in [0.5, 0.6) is 0 Å². The lowest BCUT2D eigenvalue weighted by molar-refractivity contribution is -0.124. The average Bonchev–Trinajstić information content (AvgIpc) is 2.56. The number of imide groups is 1. The fourth-order valence-electron chi connectivity index (χ4n) is 1.52. The first-order chi connectivity index (χ1) is 8.00. The second-order valence-corrected chi connectivity index (χ2v) is 4.73. The molecule has 0 spiro atoms. The zero-order chi connectivity index (χ0) is 12.6. The molecule has 0 saturated carbocycles. The van der Waals surface area contributed by atoms with Gasteiger partial charge in [0.25, 0.3) is 11.1 Å². The molecule has 0 bridgehead atoms. The molecule has 1 saturated heterocycles. The fraction of sp³-hybridized carbons (Fsp3) is 0.182. The summed E-state index contributed by atoms with van der Waals surface area (Å²) in [6, 6.07) is 6.90. The Labute approximate surface area is 102 Å². The molecule has 1 unspecified atom stereocenters. The number of carbonyl (C=O) groups is 3. The molecule has 0 aromatic heterocycles. The molecule has 1 aliphatic heterocycles. The first kappa shape index (κ1) is 11.7. The molecule has 17 heavy (non-hydrogen) atoms. The second-order valence-electron chi connectivity index (χ2n) is 3.68. The summed E-state index contributed by atoms with van der Waals surface area (Å²) in [5, 5.41) is -1.58. The molecule has 1 fully saturated rings. The number of nitrogens with two attached hydrogens (primary N) is 1. The summed E-state index contributed by atoms with van der Waals surface area (Å²) in [6.45, 7) is 1.90. The Hall–Kier alpha value is -1.82. The van der Waals surface area contributed by atoms with E-state index in [1.165, 1.54) is 0 Å². The third-order valence-corrected chi connectivity index (χ3v) is 3.45. The number of nitrogens with zero attached hydrogens (tertiary/aromatic N) is 1. The number of amides is 3. The summed E-state index contributed by atoms with van der Waals surface area (Å²) >= 11 is 0.652. The Morgan fingerprint density at radius 1 is 1.29 bits per heavy atom. The average molecular weight is 250 g/mol. The molecule has 2 rings (SSSR count). The van der Waals surface area contributed by atoms with E-state index in [2.05, 4.69) is 0 Å². The van der Waals surface area contributed by atoms with Gasteiger partial charge in [-0.05, 0) is 30.8 Å². The van der Waals surface area contributed by atoms with Gasteiger partial charge in [0, 0.05) is 0 Å². The number of aryl methyl sites for hydroxylation is 1. The van der Waals surface area contributed by atoms with Crippen LogP contribution in [-0.2, 0) is 9.59 Å². The van der Waals surface area contributed by atoms with Gasteiger partial charge >= 0.3 is 0 Å². The summed E-state index contributed by atoms with van der Waals surface area (Å²) in [5.41, 5.74) is 6.54. The number of hydrogen-bond donors (Lipinski definition) is 1. The number of benzene rings is 1. The van der Waals surface area contributed by atoms with E-state index in [-0.39, 0.29) is 0 Å². The lowest BCUT2D eigenvalue weighted by Gasteiger charge is -2.13. The molecule has 5 nitrogen and oxygen atoms in total. The van der Waals surface area contributed by atoms with Gasteiger partial charge in [0.2, 0.25) is 5.91 Å². The van der Waals surface area contributed by atoms with Crippen LogP contribution >= 0.6 is 11.8 Å². The summed E-state index contributed by atoms with van der Waals surface area (Å²) < 4.78 is 0. The minimum absolute atomic E-state index is 0.460. The highest BCUT2D eigenvalue weighted by molar-refractivity contribution is 8.16. The minimum atomic E-state index is -1.11. The third-order valence-electron chi connectivity index (χ3n) is 2.40. The van der Waals surface area contributed by atoms with Crippen molar-refractivity contribution in [2.75, 3.05) is 4.90 Å². The summed E-state index contributed by atoms with van der Waals surface area (Å²) in [4.78, 5) is 35.4. The van der Waals surface area contributed by atoms with Crippen LogP contribution in [0.4, 0.5) is 10.5 Å². The lowest BCUT2D eigenvalue weighted by atomic mass is 10.2. The number of carbonyl (C=O) groups excluding carboxylic acids is 3. The first-order valence-corrected chi connectivity index (χ1v) is 5.79. The van der Waals surface area contributed by atoms with Gasteiger partial charge < -0.3 is 5.73 Å². The standard InChI is InChI=1S/C11H10N2O3S/c1-6-2-4-7(5-3-6)13-10(15)8(9(12)14)17-11(13)16/h2-5,8H,1H3,(H2,12,14). The number of thioether (sulfide) groups is 1. The zero-order valence-corrected chi connectivity index (χ0v) is 9.86. The van der Waals surface area contributed by atoms with Crippen molar-refractivity contribution in [3.05, 3.63) is 29.8 Å². The van der Waals surface area contributed by atoms with Crippen LogP contribution < -0.4 is 10.6 Å². The number of hydrogen-bond acceptors (Lipinski definition) is 4. The largest absolute Gasteiger partial charge is 0.368 e. The van der Waals surface area contributed by atoms with Gasteiger partial charge in [-0.15, -0.1) is 0 Å². The first-order valence-electron chi connectivity index (χ1n) is 4.91. The van der Waals surface area contributed by atoms with Gasteiger partial charge in [-0.2, -0.15) is 0 Å². The van der Waals surface area contributed by atoms with Gasteiger partial charge in [0.1, 0.15) is 0 Å². The van der Waals surface area contributed by atoms with E-state index >= 15 is 0 Å². The third kappa shape index (κ3) is 2.03. The molecule has 3 amide bonds. The van der Waals surface area contributed by atoms with Crippen LogP contribution in [0, 0.1) is 6.92 Å². The second kappa shape index (κ2) is 4.21. The van der Waals surface area contributed by atoms with E-state index in [4.69, 9.17) is 5.73 Å². The molecule has 1 aliphatic rings. The Balaban J connectivity index is 2.33. The number of primary amides is 1. The summed E-state index contributed by atoms with van der Waals surface area (Å²) in [6.07, 6.45) is 0. The lowest BCUT2D eigenvalue weighted by Crippen LogP contribution is -2.37. The smallest absolute Gasteiger partial charge is 0.294 e. The van der Waals surface area contributed by atoms with Crippen molar-refractivity contribution >= 4 is 34.5 Å². The quantitative estimate of drug-likeness (QED) is 0.795. The van der Waals surface area contributed by atoms with Crippen molar-refractivity contribution in [3.8, 4) is 0 Å². The normalized spacial score (nSPS) is 19.8. The summed E-state index contributed by atoms with van der Waals surface area (Å²) in [7, 11) is 0. The molecular formula is C11H10N2O3S. The maximum Gasteiger partial charge on any atom is 0.294 e. The van der Waals surface area contributed by atoms with Crippen molar-refractivity contribution in [1.82, 2.24) is 0 Å². The Kier molecular flexibility index (Phi) is 2.89. The molecule has 6 heteroatoms. The molecule has 88 valence electrons. The predicted molar refractivity (Wildman–Crippen MR) is 64.6 cm³/mol. The van der Waals surface area contributed by atoms with Gasteiger partial charge in [-0.1, -0.05) is 17.7 Å². The van der Waals surface area contributed by atoms with Crippen LogP contribution in [0.15, 0.2) is 24.3 Å². The van der Waals surface area contributed by atoms with Crippen LogP contribution in [0.3, 0.4) is 0 Å². The number of rotatable bonds is 2. The SMILES string of the molecule is Cc1ccc(N2C(=O)SC(C(N)=O)C2=O)cc1. The molecule has 1 atom stereocenters. The predicted octanol–water partition coefficient (Wildman–Crippen LogP) is 1.05. The number of anilines is 1. The Bertz CT molecular complexity index is 498. The molecule has 1 heterocycles. The highest BCUT2D eigenvalue weighted by atomic mass is 32.2. The van der Waals surface area contributed by atoms with Crippen molar-refractivity contribution in [2.45, 2.75) is 12.2 Å². The molecule has 2 N–H and O–H groups in total. The van der Waals surface area contributed by atoms with E-state index in [1.807, 2.05) is 6.92 Å². The van der Waals surface area contributed by atoms with Crippen molar-refractivity contribution in [2.24, 2.45) is 5.73 Å². The molecule has 0 aliphatic carbocycles. The van der Waals surface area contributed by atoms with E-state index in [0.717, 1.165) is 10.5 Å². The van der Waals surface area contributed by atoms with Gasteiger partial charge in [0.15, 0.2) is 5.25 Å². The maximum atomic E-state index is 11.8. The maximum absolute atomic E-state index is 11.8. The van der Waals surface area contributed by atoms with E-state index in [1.54, 1.807) is 24.3 Å². The molecule has 1 aromatic carbocycles. The highest BCUT2D eigenvalue weighted by Gasteiger charge is 2.43. The van der Waals surface area contributed by atoms with E-state index < -0.39 is 22.3 Å². The van der Waals surface area contributed by atoms with Crippen molar-refractivity contribution < 1.29 is 14.4 Å². The zero-order valence-electron chi connectivity index (χ0n) is 9.04. The highest BCUT2D eigenvalue weighted by Crippen LogP contribution is 2.31. The van der Waals surface area contributed by atoms with Gasteiger partial charge in [-0.3, -0.25) is 14.4 Å². The van der Waals surface area contributed by atoms with E-state index in [0.29, 0.717) is 17.4 Å². The summed E-state index contributed by atoms with van der Waals surface area (Å²) in [5.74, 6) is -1.36. The van der Waals surface area contributed by atoms with Crippen molar-refractivity contribution in [1.29, 1.82) is 0 Å². The van der Waals surface area contributed by atoms with Crippen LogP contribution in [0.2, 0.25) is 0 Å². The minimum Gasteiger partial charge on any atom is -0.368 e. The van der Waals surface area contributed by atoms with Crippen LogP contribution in [0.25, 0.3) is 0 Å². The molecule has 1 aromatic rings. The van der Waals surface area contributed by atoms with Gasteiger partial charge in [-0.25, -0.2) is 4.90 Å². The Morgan fingerprint density at radius 3 is 2.35 bits per heavy atom. The molecule has 0 radical (unpaired) electrons. The molecular weight excluding hydrogens is 240 g/mol. The fourth-order valence-corrected chi connectivity index (χ4v) is 2.34. The Morgan fingerprint density at radius 2 is 1.88 bits per heavy atom. The van der Waals surface area contributed by atoms with Crippen molar-refractivity contribution in [3.63, 3.8) is 0 Å². The topological polar surface area (TPSA) is 80.5 Å². The van der Waals surface area contributed by atoms with E-state index in [9.17, 15) is 14.4 Å².